The van der Waals surface area contributed by atoms with Crippen LogP contribution in [0.3, 0.4) is 0 Å². The Morgan fingerprint density at radius 2 is 2.06 bits per heavy atom. The highest BCUT2D eigenvalue weighted by Gasteiger charge is 2.17. The highest BCUT2D eigenvalue weighted by Crippen LogP contribution is 2.28. The van der Waals surface area contributed by atoms with Gasteiger partial charge in [0.1, 0.15) is 6.29 Å². The maximum Gasteiger partial charge on any atom is 0.310 e. The molecule has 5 heteroatoms. The molecule has 1 rings (SSSR count). The molecule has 0 spiro atoms. The molecule has 0 atom stereocenters. The van der Waals surface area contributed by atoms with Crippen molar-refractivity contribution in [2.75, 3.05) is 6.61 Å². The minimum absolute atomic E-state index is 0.0943. The zero-order chi connectivity index (χ0) is 13.8. The van der Waals surface area contributed by atoms with Crippen molar-refractivity contribution in [2.45, 2.75) is 27.2 Å². The van der Waals surface area contributed by atoms with Crippen molar-refractivity contribution in [1.29, 1.82) is 0 Å². The van der Waals surface area contributed by atoms with E-state index in [1.165, 1.54) is 18.2 Å². The third-order valence-corrected chi connectivity index (χ3v) is 2.43. The van der Waals surface area contributed by atoms with E-state index in [-0.39, 0.29) is 16.9 Å². The van der Waals surface area contributed by atoms with Gasteiger partial charge in [-0.2, -0.15) is 0 Å². The van der Waals surface area contributed by atoms with Crippen molar-refractivity contribution in [3.05, 3.63) is 33.9 Å². The van der Waals surface area contributed by atoms with Crippen LogP contribution in [0.4, 0.5) is 5.69 Å². The van der Waals surface area contributed by atoms with E-state index in [0.717, 1.165) is 6.42 Å². The van der Waals surface area contributed by atoms with Crippen LogP contribution in [0.25, 0.3) is 0 Å². The maximum atomic E-state index is 10.8. The van der Waals surface area contributed by atoms with E-state index in [0.29, 0.717) is 18.5 Å². The van der Waals surface area contributed by atoms with Crippen LogP contribution < -0.4 is 4.74 Å². The Kier molecular flexibility index (Phi) is 4.42. The molecule has 0 fully saturated rings. The van der Waals surface area contributed by atoms with E-state index in [4.69, 9.17) is 4.74 Å². The first-order valence-corrected chi connectivity index (χ1v) is 5.70. The molecule has 0 heterocycles. The van der Waals surface area contributed by atoms with Gasteiger partial charge in [-0.05, 0) is 24.0 Å². The molecule has 0 radical (unpaired) electrons. The summed E-state index contributed by atoms with van der Waals surface area (Å²) in [6.45, 7) is 6.57. The van der Waals surface area contributed by atoms with Gasteiger partial charge in [-0.1, -0.05) is 20.8 Å². The van der Waals surface area contributed by atoms with Crippen molar-refractivity contribution in [3.8, 4) is 5.75 Å². The Morgan fingerprint density at radius 3 is 2.56 bits per heavy atom. The third-order valence-electron chi connectivity index (χ3n) is 2.43. The molecule has 0 aliphatic carbocycles. The van der Waals surface area contributed by atoms with Crippen LogP contribution in [0.2, 0.25) is 0 Å². The molecule has 0 aliphatic heterocycles. The Morgan fingerprint density at radius 1 is 1.39 bits per heavy atom. The highest BCUT2D eigenvalue weighted by atomic mass is 16.6. The number of rotatable bonds is 5. The van der Waals surface area contributed by atoms with Crippen LogP contribution >= 0.6 is 0 Å². The number of ether oxygens (including phenoxy) is 1. The summed E-state index contributed by atoms with van der Waals surface area (Å²) in [4.78, 5) is 21.0. The SMILES string of the molecule is CC(C)(C)CCOc1cc(C=O)ccc1[N+](=O)[O-]. The minimum Gasteiger partial charge on any atom is -0.487 e. The fourth-order valence-corrected chi connectivity index (χ4v) is 1.34. The van der Waals surface area contributed by atoms with Crippen LogP contribution in [-0.4, -0.2) is 17.8 Å². The second kappa shape index (κ2) is 5.62. The first-order valence-electron chi connectivity index (χ1n) is 5.70. The van der Waals surface area contributed by atoms with Crippen molar-refractivity contribution in [2.24, 2.45) is 5.41 Å². The van der Waals surface area contributed by atoms with Crippen LogP contribution in [0, 0.1) is 15.5 Å². The predicted octanol–water partition coefficient (Wildman–Crippen LogP) is 3.22. The summed E-state index contributed by atoms with van der Waals surface area (Å²) in [5, 5.41) is 10.8. The number of carbonyl (C=O) groups is 1. The van der Waals surface area contributed by atoms with Crippen LogP contribution in [0.1, 0.15) is 37.6 Å². The molecule has 0 bridgehead atoms. The molecular weight excluding hydrogens is 234 g/mol. The zero-order valence-corrected chi connectivity index (χ0v) is 10.8. The van der Waals surface area contributed by atoms with E-state index in [9.17, 15) is 14.9 Å². The summed E-state index contributed by atoms with van der Waals surface area (Å²) in [6, 6.07) is 4.09. The molecule has 0 amide bonds. The lowest BCUT2D eigenvalue weighted by Crippen LogP contribution is -2.11. The molecule has 0 aromatic heterocycles. The van der Waals surface area contributed by atoms with Gasteiger partial charge in [0, 0.05) is 11.6 Å². The Balaban J connectivity index is 2.84. The maximum absolute atomic E-state index is 10.8. The first kappa shape index (κ1) is 14.2. The van der Waals surface area contributed by atoms with E-state index >= 15 is 0 Å². The van der Waals surface area contributed by atoms with Crippen molar-refractivity contribution < 1.29 is 14.5 Å². The highest BCUT2D eigenvalue weighted by molar-refractivity contribution is 5.76. The van der Waals surface area contributed by atoms with Gasteiger partial charge in [-0.3, -0.25) is 14.9 Å². The Hall–Kier alpha value is -1.91. The van der Waals surface area contributed by atoms with Crippen molar-refractivity contribution in [1.82, 2.24) is 0 Å². The van der Waals surface area contributed by atoms with Crippen molar-refractivity contribution >= 4 is 12.0 Å². The number of carbonyl (C=O) groups excluding carboxylic acids is 1. The molecule has 18 heavy (non-hydrogen) atoms. The number of nitro benzene ring substituents is 1. The monoisotopic (exact) mass is 251 g/mol. The van der Waals surface area contributed by atoms with Crippen molar-refractivity contribution in [3.63, 3.8) is 0 Å². The molecule has 5 nitrogen and oxygen atoms in total. The van der Waals surface area contributed by atoms with E-state index < -0.39 is 4.92 Å². The molecular formula is C13H17NO4. The normalized spacial score (nSPS) is 11.1. The number of nitro groups is 1. The van der Waals surface area contributed by atoms with Crippen LogP contribution in [0.5, 0.6) is 5.75 Å². The standard InChI is InChI=1S/C13H17NO4/c1-13(2,3)6-7-18-12-8-10(9-15)4-5-11(12)14(16)17/h4-5,8-9H,6-7H2,1-3H3. The van der Waals surface area contributed by atoms with Gasteiger partial charge >= 0.3 is 5.69 Å². The lowest BCUT2D eigenvalue weighted by atomic mass is 9.93. The fraction of sp³-hybridized carbons (Fsp3) is 0.462. The van der Waals surface area contributed by atoms with Gasteiger partial charge in [-0.25, -0.2) is 0 Å². The molecule has 0 saturated carbocycles. The quantitative estimate of drug-likeness (QED) is 0.457. The summed E-state index contributed by atoms with van der Waals surface area (Å²) in [7, 11) is 0. The molecule has 0 unspecified atom stereocenters. The second-order valence-electron chi connectivity index (χ2n) is 5.26. The Bertz CT molecular complexity index is 449. The van der Waals surface area contributed by atoms with E-state index in [1.807, 2.05) is 0 Å². The number of nitrogens with zero attached hydrogens (tertiary/aromatic N) is 1. The lowest BCUT2D eigenvalue weighted by Gasteiger charge is -2.18. The van der Waals surface area contributed by atoms with Gasteiger partial charge in [0.25, 0.3) is 0 Å². The summed E-state index contributed by atoms with van der Waals surface area (Å²) in [5.74, 6) is 0.147. The molecule has 98 valence electrons. The average Bonchev–Trinajstić information content (AvgIpc) is 2.26. The van der Waals surface area contributed by atoms with Gasteiger partial charge in [0.2, 0.25) is 0 Å². The summed E-state index contributed by atoms with van der Waals surface area (Å²) >= 11 is 0. The lowest BCUT2D eigenvalue weighted by molar-refractivity contribution is -0.385. The van der Waals surface area contributed by atoms with Crippen LogP contribution in [0.15, 0.2) is 18.2 Å². The molecule has 1 aromatic carbocycles. The number of hydrogen-bond donors (Lipinski definition) is 0. The number of hydrogen-bond acceptors (Lipinski definition) is 4. The third kappa shape index (κ3) is 4.16. The number of aldehydes is 1. The number of benzene rings is 1. The second-order valence-corrected chi connectivity index (χ2v) is 5.26. The molecule has 1 aromatic rings. The fourth-order valence-electron chi connectivity index (χ4n) is 1.34. The topological polar surface area (TPSA) is 69.4 Å². The van der Waals surface area contributed by atoms with E-state index in [1.54, 1.807) is 0 Å². The largest absolute Gasteiger partial charge is 0.487 e. The predicted molar refractivity (Wildman–Crippen MR) is 68.1 cm³/mol. The first-order chi connectivity index (χ1) is 8.33. The van der Waals surface area contributed by atoms with Gasteiger partial charge < -0.3 is 4.74 Å². The molecule has 0 aliphatic rings. The smallest absolute Gasteiger partial charge is 0.310 e. The summed E-state index contributed by atoms with van der Waals surface area (Å²) < 4.78 is 5.42. The molecule has 0 N–H and O–H groups in total. The van der Waals surface area contributed by atoms with Gasteiger partial charge in [0.05, 0.1) is 11.5 Å². The summed E-state index contributed by atoms with van der Waals surface area (Å²) in [6.07, 6.45) is 1.41. The minimum atomic E-state index is -0.513. The Labute approximate surface area is 106 Å². The zero-order valence-electron chi connectivity index (χ0n) is 10.8. The molecule has 0 saturated heterocycles. The van der Waals surface area contributed by atoms with Gasteiger partial charge in [0.15, 0.2) is 5.75 Å². The van der Waals surface area contributed by atoms with Gasteiger partial charge in [-0.15, -0.1) is 0 Å². The average molecular weight is 251 g/mol. The van der Waals surface area contributed by atoms with Crippen LogP contribution in [-0.2, 0) is 0 Å². The van der Waals surface area contributed by atoms with E-state index in [2.05, 4.69) is 20.8 Å². The summed E-state index contributed by atoms with van der Waals surface area (Å²) in [5.41, 5.74) is 0.345.